The van der Waals surface area contributed by atoms with Crippen LogP contribution in [0.15, 0.2) is 24.3 Å². The van der Waals surface area contributed by atoms with Crippen LogP contribution in [0.1, 0.15) is 13.8 Å². The highest BCUT2D eigenvalue weighted by Crippen LogP contribution is 2.21. The van der Waals surface area contributed by atoms with Crippen LogP contribution in [-0.2, 0) is 0 Å². The van der Waals surface area contributed by atoms with Crippen molar-refractivity contribution < 1.29 is 4.74 Å². The van der Waals surface area contributed by atoms with Crippen molar-refractivity contribution in [2.24, 2.45) is 11.1 Å². The summed E-state index contributed by atoms with van der Waals surface area (Å²) in [5.41, 5.74) is 6.82. The van der Waals surface area contributed by atoms with Crippen molar-refractivity contribution in [3.05, 3.63) is 24.3 Å². The fraction of sp³-hybridized carbons (Fsp3) is 0.538. The van der Waals surface area contributed by atoms with Crippen LogP contribution in [0, 0.1) is 5.41 Å². The summed E-state index contributed by atoms with van der Waals surface area (Å²) in [4.78, 5) is 2.06. The minimum atomic E-state index is 0.0219. The summed E-state index contributed by atoms with van der Waals surface area (Å²) in [7, 11) is 4.03. The van der Waals surface area contributed by atoms with Gasteiger partial charge in [-0.2, -0.15) is 0 Å². The maximum absolute atomic E-state index is 5.75. The topological polar surface area (TPSA) is 38.5 Å². The summed E-state index contributed by atoms with van der Waals surface area (Å²) in [5.74, 6) is 0.896. The van der Waals surface area contributed by atoms with Gasteiger partial charge in [-0.15, -0.1) is 0 Å². The molecule has 3 nitrogen and oxygen atoms in total. The van der Waals surface area contributed by atoms with E-state index >= 15 is 0 Å². The fourth-order valence-electron chi connectivity index (χ4n) is 1.19. The predicted molar refractivity (Wildman–Crippen MR) is 69.1 cm³/mol. The van der Waals surface area contributed by atoms with E-state index in [1.807, 2.05) is 32.3 Å². The molecule has 0 fully saturated rings. The van der Waals surface area contributed by atoms with E-state index in [1.165, 1.54) is 0 Å². The molecule has 3 heteroatoms. The van der Waals surface area contributed by atoms with E-state index in [1.54, 1.807) is 0 Å². The third kappa shape index (κ3) is 3.74. The molecule has 0 aliphatic heterocycles. The Morgan fingerprint density at radius 3 is 2.56 bits per heavy atom. The summed E-state index contributed by atoms with van der Waals surface area (Å²) < 4.78 is 5.75. The molecule has 0 aliphatic rings. The van der Waals surface area contributed by atoms with E-state index in [-0.39, 0.29) is 5.41 Å². The highest BCUT2D eigenvalue weighted by molar-refractivity contribution is 5.49. The Morgan fingerprint density at radius 1 is 1.31 bits per heavy atom. The lowest BCUT2D eigenvalue weighted by atomic mass is 9.95. The van der Waals surface area contributed by atoms with Crippen molar-refractivity contribution >= 4 is 5.69 Å². The molecular weight excluding hydrogens is 200 g/mol. The number of hydrogen-bond acceptors (Lipinski definition) is 3. The van der Waals surface area contributed by atoms with Gasteiger partial charge in [0, 0.05) is 37.8 Å². The van der Waals surface area contributed by atoms with E-state index in [2.05, 4.69) is 24.8 Å². The SMILES string of the molecule is CN(C)c1cccc(OCC(C)(C)CN)c1. The van der Waals surface area contributed by atoms with Gasteiger partial charge in [0.1, 0.15) is 5.75 Å². The Hall–Kier alpha value is -1.22. The summed E-state index contributed by atoms with van der Waals surface area (Å²) in [6, 6.07) is 8.06. The van der Waals surface area contributed by atoms with Crippen molar-refractivity contribution in [2.75, 3.05) is 32.1 Å². The molecule has 0 bridgehead atoms. The zero-order chi connectivity index (χ0) is 12.2. The Bertz CT molecular complexity index is 334. The van der Waals surface area contributed by atoms with Crippen LogP contribution in [0.2, 0.25) is 0 Å². The average molecular weight is 222 g/mol. The second-order valence-electron chi connectivity index (χ2n) is 5.05. The molecular formula is C13H22N2O. The molecule has 0 unspecified atom stereocenters. The van der Waals surface area contributed by atoms with Crippen LogP contribution < -0.4 is 15.4 Å². The van der Waals surface area contributed by atoms with Gasteiger partial charge in [-0.1, -0.05) is 19.9 Å². The van der Waals surface area contributed by atoms with E-state index in [4.69, 9.17) is 10.5 Å². The molecule has 2 N–H and O–H groups in total. The smallest absolute Gasteiger partial charge is 0.121 e. The molecule has 0 aromatic heterocycles. The molecule has 1 aromatic carbocycles. The monoisotopic (exact) mass is 222 g/mol. The van der Waals surface area contributed by atoms with E-state index < -0.39 is 0 Å². The number of nitrogens with two attached hydrogens (primary N) is 1. The van der Waals surface area contributed by atoms with Crippen molar-refractivity contribution in [1.29, 1.82) is 0 Å². The number of ether oxygens (including phenoxy) is 1. The molecule has 90 valence electrons. The minimum absolute atomic E-state index is 0.0219. The normalized spacial score (nSPS) is 11.3. The van der Waals surface area contributed by atoms with Gasteiger partial charge >= 0.3 is 0 Å². The lowest BCUT2D eigenvalue weighted by Crippen LogP contribution is -2.30. The quantitative estimate of drug-likeness (QED) is 0.829. The molecule has 0 atom stereocenters. The van der Waals surface area contributed by atoms with Gasteiger partial charge in [-0.25, -0.2) is 0 Å². The van der Waals surface area contributed by atoms with Gasteiger partial charge in [-0.05, 0) is 12.1 Å². The molecule has 0 saturated carbocycles. The molecule has 1 aromatic rings. The maximum Gasteiger partial charge on any atom is 0.121 e. The Morgan fingerprint density at radius 2 is 2.00 bits per heavy atom. The first-order chi connectivity index (χ1) is 7.44. The number of hydrogen-bond donors (Lipinski definition) is 1. The first-order valence-corrected chi connectivity index (χ1v) is 5.55. The fourth-order valence-corrected chi connectivity index (χ4v) is 1.19. The van der Waals surface area contributed by atoms with Crippen LogP contribution in [0.4, 0.5) is 5.69 Å². The molecule has 0 heterocycles. The summed E-state index contributed by atoms with van der Waals surface area (Å²) in [5, 5.41) is 0. The Labute approximate surface area is 98.2 Å². The molecule has 0 spiro atoms. The summed E-state index contributed by atoms with van der Waals surface area (Å²) in [6.45, 7) is 5.46. The lowest BCUT2D eigenvalue weighted by Gasteiger charge is -2.23. The predicted octanol–water partition coefficient (Wildman–Crippen LogP) is 2.12. The van der Waals surface area contributed by atoms with Crippen LogP contribution in [0.3, 0.4) is 0 Å². The lowest BCUT2D eigenvalue weighted by molar-refractivity contribution is 0.187. The molecule has 0 radical (unpaired) electrons. The average Bonchev–Trinajstić information content (AvgIpc) is 2.27. The number of benzene rings is 1. The van der Waals surface area contributed by atoms with Crippen molar-refractivity contribution in [1.82, 2.24) is 0 Å². The second kappa shape index (κ2) is 5.21. The van der Waals surface area contributed by atoms with Crippen LogP contribution in [0.5, 0.6) is 5.75 Å². The first-order valence-electron chi connectivity index (χ1n) is 5.55. The first kappa shape index (κ1) is 12.8. The molecule has 0 saturated heterocycles. The van der Waals surface area contributed by atoms with Gasteiger partial charge in [0.05, 0.1) is 6.61 Å². The van der Waals surface area contributed by atoms with Gasteiger partial charge in [0.25, 0.3) is 0 Å². The van der Waals surface area contributed by atoms with Crippen molar-refractivity contribution in [3.63, 3.8) is 0 Å². The van der Waals surface area contributed by atoms with Crippen LogP contribution in [-0.4, -0.2) is 27.2 Å². The summed E-state index contributed by atoms with van der Waals surface area (Å²) >= 11 is 0. The largest absolute Gasteiger partial charge is 0.493 e. The number of nitrogens with zero attached hydrogens (tertiary/aromatic N) is 1. The van der Waals surface area contributed by atoms with Gasteiger partial charge in [-0.3, -0.25) is 0 Å². The molecule has 0 amide bonds. The maximum atomic E-state index is 5.75. The molecule has 16 heavy (non-hydrogen) atoms. The van der Waals surface area contributed by atoms with Crippen molar-refractivity contribution in [2.45, 2.75) is 13.8 Å². The van der Waals surface area contributed by atoms with Gasteiger partial charge in [0.15, 0.2) is 0 Å². The molecule has 0 aliphatic carbocycles. The Kier molecular flexibility index (Phi) is 4.19. The third-order valence-electron chi connectivity index (χ3n) is 2.52. The number of rotatable bonds is 5. The van der Waals surface area contributed by atoms with Gasteiger partial charge in [0.2, 0.25) is 0 Å². The van der Waals surface area contributed by atoms with Crippen LogP contribution >= 0.6 is 0 Å². The van der Waals surface area contributed by atoms with Crippen LogP contribution in [0.25, 0.3) is 0 Å². The zero-order valence-electron chi connectivity index (χ0n) is 10.7. The third-order valence-corrected chi connectivity index (χ3v) is 2.52. The zero-order valence-corrected chi connectivity index (χ0v) is 10.7. The second-order valence-corrected chi connectivity index (χ2v) is 5.05. The highest BCUT2D eigenvalue weighted by atomic mass is 16.5. The van der Waals surface area contributed by atoms with E-state index in [0.29, 0.717) is 13.2 Å². The number of anilines is 1. The highest BCUT2D eigenvalue weighted by Gasteiger charge is 2.16. The van der Waals surface area contributed by atoms with Gasteiger partial charge < -0.3 is 15.4 Å². The molecule has 1 rings (SSSR count). The van der Waals surface area contributed by atoms with E-state index in [9.17, 15) is 0 Å². The van der Waals surface area contributed by atoms with E-state index in [0.717, 1.165) is 11.4 Å². The standard InChI is InChI=1S/C13H22N2O/c1-13(2,9-14)10-16-12-7-5-6-11(8-12)15(3)4/h5-8H,9-10,14H2,1-4H3. The summed E-state index contributed by atoms with van der Waals surface area (Å²) in [6.07, 6.45) is 0. The van der Waals surface area contributed by atoms with Crippen molar-refractivity contribution in [3.8, 4) is 5.75 Å². The minimum Gasteiger partial charge on any atom is -0.493 e. The Balaban J connectivity index is 2.64.